The monoisotopic (exact) mass is 563 g/mol. The Balaban J connectivity index is 1.24. The maximum atomic E-state index is 15.1. The summed E-state index contributed by atoms with van der Waals surface area (Å²) in [5, 5.41) is 9.40. The Bertz CT molecular complexity index is 1090. The topological polar surface area (TPSA) is 139 Å². The lowest BCUT2D eigenvalue weighted by atomic mass is 9.94. The number of hydrogen-bond acceptors (Lipinski definition) is 9. The van der Waals surface area contributed by atoms with Crippen LogP contribution in [-0.2, 0) is 9.59 Å². The molecule has 4 N–H and O–H groups in total. The number of alkyl halides is 1. The number of nitrogens with zero attached hydrogens (tertiary/aromatic N) is 6. The fraction of sp³-hybridized carbons (Fsp3) is 0.731. The van der Waals surface area contributed by atoms with Crippen LogP contribution in [0.4, 0.5) is 20.2 Å². The van der Waals surface area contributed by atoms with Crippen molar-refractivity contribution in [3.63, 3.8) is 0 Å². The minimum atomic E-state index is -1.31. The third-order valence-electron chi connectivity index (χ3n) is 8.84. The standard InChI is InChI=1S/C26H39F2N9O3/c1-15(29)22(24-31-7-19(27)14-37(24)33-40)25(38)32-21-9-30-8-20(28)23(21)35-5-3-16(4-6-35)26(39)36-12-17-10-34(2)11-18(17)13-36/h8-9,15-19,22,24,31H,3-7,10-14,29H2,1-2H3,(H,32,38). The summed E-state index contributed by atoms with van der Waals surface area (Å²) < 4.78 is 29.0. The van der Waals surface area contributed by atoms with Crippen molar-refractivity contribution in [3.8, 4) is 0 Å². The van der Waals surface area contributed by atoms with E-state index in [0.717, 1.165) is 37.4 Å². The summed E-state index contributed by atoms with van der Waals surface area (Å²) in [5.74, 6) is -0.984. The van der Waals surface area contributed by atoms with Gasteiger partial charge in [-0.25, -0.2) is 13.8 Å². The number of halogens is 2. The van der Waals surface area contributed by atoms with Crippen molar-refractivity contribution < 1.29 is 18.4 Å². The number of nitrogens with two attached hydrogens (primary N) is 1. The number of nitroso groups, excluding NO2 is 1. The van der Waals surface area contributed by atoms with E-state index in [0.29, 0.717) is 37.8 Å². The molecule has 4 fully saturated rings. The van der Waals surface area contributed by atoms with Gasteiger partial charge in [0.25, 0.3) is 0 Å². The summed E-state index contributed by atoms with van der Waals surface area (Å²) in [5.41, 5.74) is 6.48. The number of carbonyl (C=O) groups excluding carboxylic acids is 2. The van der Waals surface area contributed by atoms with E-state index in [4.69, 9.17) is 5.73 Å². The molecule has 4 saturated heterocycles. The number of nitrogens with one attached hydrogen (secondary N) is 2. The van der Waals surface area contributed by atoms with E-state index in [1.165, 1.54) is 6.20 Å². The zero-order valence-corrected chi connectivity index (χ0v) is 23.0. The highest BCUT2D eigenvalue weighted by molar-refractivity contribution is 5.96. The first-order valence-electron chi connectivity index (χ1n) is 14.1. The number of anilines is 2. The first kappa shape index (κ1) is 28.6. The molecule has 0 saturated carbocycles. The van der Waals surface area contributed by atoms with Crippen molar-refractivity contribution >= 4 is 23.2 Å². The van der Waals surface area contributed by atoms with Crippen LogP contribution in [0.15, 0.2) is 17.7 Å². The van der Waals surface area contributed by atoms with Crippen LogP contribution < -0.4 is 21.3 Å². The third-order valence-corrected chi connectivity index (χ3v) is 8.84. The summed E-state index contributed by atoms with van der Waals surface area (Å²) >= 11 is 0. The molecule has 40 heavy (non-hydrogen) atoms. The van der Waals surface area contributed by atoms with Crippen molar-refractivity contribution in [2.45, 2.75) is 38.1 Å². The smallest absolute Gasteiger partial charge is 0.232 e. The predicted octanol–water partition coefficient (Wildman–Crippen LogP) is 0.610. The fourth-order valence-electron chi connectivity index (χ4n) is 6.87. The molecule has 220 valence electrons. The Morgan fingerprint density at radius 3 is 2.45 bits per heavy atom. The molecular weight excluding hydrogens is 524 g/mol. The van der Waals surface area contributed by atoms with Crippen LogP contribution >= 0.6 is 0 Å². The Labute approximate surface area is 232 Å². The minimum Gasteiger partial charge on any atom is -0.367 e. The largest absolute Gasteiger partial charge is 0.367 e. The molecule has 4 aliphatic rings. The Hall–Kier alpha value is -2.97. The summed E-state index contributed by atoms with van der Waals surface area (Å²) in [6.45, 7) is 5.88. The van der Waals surface area contributed by atoms with E-state index in [2.05, 4.69) is 32.9 Å². The van der Waals surface area contributed by atoms with Crippen molar-refractivity contribution in [2.24, 2.45) is 34.7 Å². The lowest BCUT2D eigenvalue weighted by Crippen LogP contribution is -2.62. The summed E-state index contributed by atoms with van der Waals surface area (Å²) in [6, 6.07) is -0.727. The van der Waals surface area contributed by atoms with Gasteiger partial charge < -0.3 is 25.8 Å². The zero-order valence-electron chi connectivity index (χ0n) is 23.0. The highest BCUT2D eigenvalue weighted by atomic mass is 19.1. The van der Waals surface area contributed by atoms with E-state index in [1.807, 2.05) is 9.80 Å². The predicted molar refractivity (Wildman–Crippen MR) is 145 cm³/mol. The second-order valence-corrected chi connectivity index (χ2v) is 11.8. The van der Waals surface area contributed by atoms with Crippen LogP contribution in [0.25, 0.3) is 0 Å². The number of piperidine rings is 1. The molecule has 1 aromatic rings. The van der Waals surface area contributed by atoms with E-state index in [-0.39, 0.29) is 36.3 Å². The van der Waals surface area contributed by atoms with Crippen LogP contribution in [0.5, 0.6) is 0 Å². The van der Waals surface area contributed by atoms with Gasteiger partial charge in [-0.05, 0) is 38.6 Å². The first-order valence-corrected chi connectivity index (χ1v) is 14.1. The van der Waals surface area contributed by atoms with Crippen LogP contribution in [0, 0.1) is 34.4 Å². The van der Waals surface area contributed by atoms with E-state index in [9.17, 15) is 18.9 Å². The molecule has 2 amide bonds. The molecule has 14 heteroatoms. The second-order valence-electron chi connectivity index (χ2n) is 11.8. The molecule has 0 radical (unpaired) electrons. The molecule has 12 nitrogen and oxygen atoms in total. The molecule has 6 unspecified atom stereocenters. The lowest BCUT2D eigenvalue weighted by Gasteiger charge is -2.39. The molecule has 0 bridgehead atoms. The van der Waals surface area contributed by atoms with Gasteiger partial charge in [-0.3, -0.25) is 19.9 Å². The van der Waals surface area contributed by atoms with Gasteiger partial charge in [-0.2, -0.15) is 0 Å². The van der Waals surface area contributed by atoms with Gasteiger partial charge in [0.05, 0.1) is 35.8 Å². The summed E-state index contributed by atoms with van der Waals surface area (Å²) in [7, 11) is 2.12. The molecule has 6 atom stereocenters. The van der Waals surface area contributed by atoms with Gasteiger partial charge in [0, 0.05) is 57.8 Å². The van der Waals surface area contributed by atoms with Crippen molar-refractivity contribution in [1.29, 1.82) is 0 Å². The van der Waals surface area contributed by atoms with E-state index >= 15 is 4.39 Å². The van der Waals surface area contributed by atoms with Crippen LogP contribution in [0.3, 0.4) is 0 Å². The zero-order chi connectivity index (χ0) is 28.6. The van der Waals surface area contributed by atoms with Crippen molar-refractivity contribution in [1.82, 2.24) is 25.1 Å². The minimum absolute atomic E-state index is 0.0522. The van der Waals surface area contributed by atoms with Crippen LogP contribution in [0.2, 0.25) is 0 Å². The number of carbonyl (C=O) groups is 2. The number of aromatic nitrogens is 1. The average Bonchev–Trinajstić information content (AvgIpc) is 3.47. The maximum Gasteiger partial charge on any atom is 0.232 e. The molecule has 0 spiro atoms. The van der Waals surface area contributed by atoms with Gasteiger partial charge in [-0.15, -0.1) is 4.91 Å². The van der Waals surface area contributed by atoms with Gasteiger partial charge in [-0.1, -0.05) is 0 Å². The highest BCUT2D eigenvalue weighted by Crippen LogP contribution is 2.35. The Morgan fingerprint density at radius 2 is 1.82 bits per heavy atom. The van der Waals surface area contributed by atoms with Crippen LogP contribution in [-0.4, -0.2) is 109 Å². The molecule has 0 aliphatic carbocycles. The first-order chi connectivity index (χ1) is 19.2. The van der Waals surface area contributed by atoms with Crippen molar-refractivity contribution in [2.75, 3.05) is 69.6 Å². The normalized spacial score (nSPS) is 29.3. The second kappa shape index (κ2) is 11.9. The molecule has 1 aromatic heterocycles. The molecular formula is C26H39F2N9O3. The molecule has 5 rings (SSSR count). The number of rotatable bonds is 7. The lowest BCUT2D eigenvalue weighted by molar-refractivity contribution is -0.135. The number of hydrogen-bond donors (Lipinski definition) is 3. The fourth-order valence-corrected chi connectivity index (χ4v) is 6.87. The van der Waals surface area contributed by atoms with Gasteiger partial charge in [0.2, 0.25) is 11.8 Å². The molecule has 0 aromatic carbocycles. The summed E-state index contributed by atoms with van der Waals surface area (Å²) in [6.07, 6.45) is 1.39. The molecule has 4 aliphatic heterocycles. The Morgan fingerprint density at radius 1 is 1.15 bits per heavy atom. The van der Waals surface area contributed by atoms with E-state index < -0.39 is 36.0 Å². The number of likely N-dealkylation sites (tertiary alicyclic amines) is 2. The average molecular weight is 564 g/mol. The van der Waals surface area contributed by atoms with E-state index in [1.54, 1.807) is 6.92 Å². The number of pyridine rings is 1. The quantitative estimate of drug-likeness (QED) is 0.407. The maximum absolute atomic E-state index is 15.1. The molecule has 5 heterocycles. The number of fused-ring (bicyclic) bond motifs is 1. The number of amides is 2. The SMILES string of the molecule is CC(N)C(C(=O)Nc1cncc(F)c1N1CCC(C(=O)N2CC3CN(C)CC3C2)CC1)C1NCC(F)CN1N=O. The summed E-state index contributed by atoms with van der Waals surface area (Å²) in [4.78, 5) is 48.1. The van der Waals surface area contributed by atoms with Gasteiger partial charge in [0.1, 0.15) is 18.0 Å². The Kier molecular flexibility index (Phi) is 8.47. The third kappa shape index (κ3) is 5.75. The highest BCUT2D eigenvalue weighted by Gasteiger charge is 2.43. The van der Waals surface area contributed by atoms with Gasteiger partial charge in [0.15, 0.2) is 5.82 Å². The van der Waals surface area contributed by atoms with Crippen molar-refractivity contribution in [3.05, 3.63) is 23.1 Å². The van der Waals surface area contributed by atoms with Gasteiger partial charge >= 0.3 is 0 Å². The van der Waals surface area contributed by atoms with Crippen LogP contribution in [0.1, 0.15) is 19.8 Å².